The maximum atomic E-state index is 14.6. The Morgan fingerprint density at radius 3 is 1.74 bits per heavy atom. The molecule has 0 aliphatic carbocycles. The van der Waals surface area contributed by atoms with Crippen LogP contribution in [0.4, 0.5) is 8.78 Å². The standard InChI is InChI=1S/C40H23F2N5/c41-29-20-28(21-30(42)22-29)32-18-16-31(47-36-14-8-7-13-33(36)34-17-15-25(24-43)19-37(34)47)23-35(32)40-45-38(26-9-3-1-4-10-26)44-39(46-40)27-11-5-2-6-12-27/h1-23H. The Morgan fingerprint density at radius 1 is 0.489 bits per heavy atom. The van der Waals surface area contributed by atoms with Crippen molar-refractivity contribution >= 4 is 21.8 Å². The first-order valence-corrected chi connectivity index (χ1v) is 15.0. The van der Waals surface area contributed by atoms with Crippen molar-refractivity contribution in [3.05, 3.63) is 157 Å². The van der Waals surface area contributed by atoms with Crippen LogP contribution in [0.15, 0.2) is 140 Å². The molecule has 8 aromatic rings. The molecule has 0 bridgehead atoms. The number of nitriles is 1. The van der Waals surface area contributed by atoms with Gasteiger partial charge in [0.05, 0.1) is 22.7 Å². The highest BCUT2D eigenvalue weighted by atomic mass is 19.1. The maximum Gasteiger partial charge on any atom is 0.164 e. The number of aromatic nitrogens is 4. The molecule has 5 nitrogen and oxygen atoms in total. The molecule has 0 atom stereocenters. The summed E-state index contributed by atoms with van der Waals surface area (Å²) in [4.78, 5) is 14.7. The van der Waals surface area contributed by atoms with Crippen molar-refractivity contribution in [1.29, 1.82) is 5.26 Å². The molecule has 0 amide bonds. The molecule has 0 N–H and O–H groups in total. The summed E-state index contributed by atoms with van der Waals surface area (Å²) >= 11 is 0. The third kappa shape index (κ3) is 5.08. The van der Waals surface area contributed by atoms with Crippen molar-refractivity contribution in [3.63, 3.8) is 0 Å². The van der Waals surface area contributed by atoms with Crippen LogP contribution in [-0.2, 0) is 0 Å². The molecule has 0 unspecified atom stereocenters. The summed E-state index contributed by atoms with van der Waals surface area (Å²) in [5.74, 6) is -0.102. The third-order valence-corrected chi connectivity index (χ3v) is 8.18. The molecule has 7 heteroatoms. The Hall–Kier alpha value is -6.52. The van der Waals surface area contributed by atoms with Gasteiger partial charge >= 0.3 is 0 Å². The lowest BCUT2D eigenvalue weighted by Crippen LogP contribution is -2.02. The molecular weight excluding hydrogens is 588 g/mol. The van der Waals surface area contributed by atoms with Gasteiger partial charge in [-0.25, -0.2) is 23.7 Å². The third-order valence-electron chi connectivity index (χ3n) is 8.18. The van der Waals surface area contributed by atoms with E-state index in [9.17, 15) is 14.0 Å². The number of halogens is 2. The van der Waals surface area contributed by atoms with Gasteiger partial charge in [0, 0.05) is 39.2 Å². The van der Waals surface area contributed by atoms with E-state index in [4.69, 9.17) is 15.0 Å². The van der Waals surface area contributed by atoms with Crippen molar-refractivity contribution in [2.24, 2.45) is 0 Å². The number of fused-ring (bicyclic) bond motifs is 3. The number of para-hydroxylation sites is 1. The lowest BCUT2D eigenvalue weighted by atomic mass is 9.97. The van der Waals surface area contributed by atoms with Crippen LogP contribution in [0.25, 0.3) is 72.8 Å². The molecule has 47 heavy (non-hydrogen) atoms. The summed E-state index contributed by atoms with van der Waals surface area (Å²) in [6.07, 6.45) is 0. The van der Waals surface area contributed by atoms with E-state index in [-0.39, 0.29) is 0 Å². The minimum absolute atomic E-state index is 0.345. The smallest absolute Gasteiger partial charge is 0.164 e. The Bertz CT molecular complexity index is 2420. The first-order valence-electron chi connectivity index (χ1n) is 15.0. The molecule has 0 saturated heterocycles. The first kappa shape index (κ1) is 28.0. The Labute approximate surface area is 268 Å². The molecule has 0 saturated carbocycles. The predicted octanol–water partition coefficient (Wildman–Crippen LogP) is 9.79. The highest BCUT2D eigenvalue weighted by Crippen LogP contribution is 2.38. The van der Waals surface area contributed by atoms with E-state index in [0.29, 0.717) is 39.7 Å². The SMILES string of the molecule is N#Cc1ccc2c3ccccc3n(-c3ccc(-c4cc(F)cc(F)c4)c(-c4nc(-c5ccccc5)nc(-c5ccccc5)n4)c3)c2c1. The van der Waals surface area contributed by atoms with Crippen molar-refractivity contribution in [2.75, 3.05) is 0 Å². The van der Waals surface area contributed by atoms with Crippen molar-refractivity contribution < 1.29 is 8.78 Å². The lowest BCUT2D eigenvalue weighted by molar-refractivity contribution is 0.584. The topological polar surface area (TPSA) is 67.4 Å². The highest BCUT2D eigenvalue weighted by molar-refractivity contribution is 6.09. The summed E-state index contributed by atoms with van der Waals surface area (Å²) in [5.41, 5.74) is 6.16. The van der Waals surface area contributed by atoms with Gasteiger partial charge in [-0.3, -0.25) is 0 Å². The first-order chi connectivity index (χ1) is 23.1. The van der Waals surface area contributed by atoms with E-state index in [0.717, 1.165) is 44.7 Å². The van der Waals surface area contributed by atoms with Gasteiger partial charge in [-0.15, -0.1) is 0 Å². The van der Waals surface area contributed by atoms with Gasteiger partial charge in [-0.2, -0.15) is 5.26 Å². The lowest BCUT2D eigenvalue weighted by Gasteiger charge is -2.15. The molecule has 0 aliphatic heterocycles. The van der Waals surface area contributed by atoms with E-state index in [1.165, 1.54) is 12.1 Å². The fourth-order valence-corrected chi connectivity index (χ4v) is 6.06. The zero-order valence-electron chi connectivity index (χ0n) is 24.8. The zero-order chi connectivity index (χ0) is 31.9. The van der Waals surface area contributed by atoms with Crippen LogP contribution in [-0.4, -0.2) is 19.5 Å². The highest BCUT2D eigenvalue weighted by Gasteiger charge is 2.20. The summed E-state index contributed by atoms with van der Waals surface area (Å²) in [6, 6.07) is 44.3. The number of rotatable bonds is 5. The molecule has 0 spiro atoms. The van der Waals surface area contributed by atoms with E-state index >= 15 is 0 Å². The minimum Gasteiger partial charge on any atom is -0.309 e. The van der Waals surface area contributed by atoms with E-state index in [1.54, 1.807) is 0 Å². The average molecular weight is 612 g/mol. The van der Waals surface area contributed by atoms with E-state index < -0.39 is 11.6 Å². The van der Waals surface area contributed by atoms with Gasteiger partial charge in [-0.05, 0) is 53.6 Å². The second kappa shape index (κ2) is 11.4. The number of hydrogen-bond donors (Lipinski definition) is 0. The van der Waals surface area contributed by atoms with Crippen LogP contribution in [0.1, 0.15) is 5.56 Å². The summed E-state index contributed by atoms with van der Waals surface area (Å²) in [6.45, 7) is 0. The maximum absolute atomic E-state index is 14.6. The van der Waals surface area contributed by atoms with Crippen LogP contribution in [0, 0.1) is 23.0 Å². The summed E-state index contributed by atoms with van der Waals surface area (Å²) in [5, 5.41) is 11.8. The fourth-order valence-electron chi connectivity index (χ4n) is 6.06. The summed E-state index contributed by atoms with van der Waals surface area (Å²) in [7, 11) is 0. The Morgan fingerprint density at radius 2 is 1.09 bits per heavy atom. The number of nitrogens with zero attached hydrogens (tertiary/aromatic N) is 5. The van der Waals surface area contributed by atoms with Gasteiger partial charge in [0.15, 0.2) is 17.5 Å². The molecule has 0 radical (unpaired) electrons. The normalized spacial score (nSPS) is 11.2. The average Bonchev–Trinajstić information content (AvgIpc) is 3.45. The predicted molar refractivity (Wildman–Crippen MR) is 181 cm³/mol. The molecular formula is C40H23F2N5. The van der Waals surface area contributed by atoms with Gasteiger partial charge in [0.2, 0.25) is 0 Å². The second-order valence-corrected chi connectivity index (χ2v) is 11.1. The van der Waals surface area contributed by atoms with Gasteiger partial charge in [-0.1, -0.05) is 91.0 Å². The van der Waals surface area contributed by atoms with Crippen LogP contribution in [0.2, 0.25) is 0 Å². The van der Waals surface area contributed by atoms with Crippen molar-refractivity contribution in [3.8, 4) is 57.0 Å². The molecule has 0 fully saturated rings. The van der Waals surface area contributed by atoms with Crippen LogP contribution in [0.3, 0.4) is 0 Å². The Kier molecular flexibility index (Phi) is 6.81. The molecule has 6 aromatic carbocycles. The number of hydrogen-bond acceptors (Lipinski definition) is 4. The van der Waals surface area contributed by atoms with Crippen molar-refractivity contribution in [2.45, 2.75) is 0 Å². The molecule has 222 valence electrons. The van der Waals surface area contributed by atoms with E-state index in [1.807, 2.05) is 115 Å². The van der Waals surface area contributed by atoms with Crippen molar-refractivity contribution in [1.82, 2.24) is 19.5 Å². The quantitative estimate of drug-likeness (QED) is 0.194. The van der Waals surface area contributed by atoms with Crippen LogP contribution in [0.5, 0.6) is 0 Å². The van der Waals surface area contributed by atoms with Gasteiger partial charge < -0.3 is 4.57 Å². The largest absolute Gasteiger partial charge is 0.309 e. The number of benzene rings is 6. The van der Waals surface area contributed by atoms with E-state index in [2.05, 4.69) is 16.7 Å². The second-order valence-electron chi connectivity index (χ2n) is 11.1. The van der Waals surface area contributed by atoms with Gasteiger partial charge in [0.25, 0.3) is 0 Å². The van der Waals surface area contributed by atoms with Crippen LogP contribution < -0.4 is 0 Å². The minimum atomic E-state index is -0.688. The molecule has 8 rings (SSSR count). The summed E-state index contributed by atoms with van der Waals surface area (Å²) < 4.78 is 31.3. The monoisotopic (exact) mass is 611 g/mol. The Balaban J connectivity index is 1.45. The zero-order valence-corrected chi connectivity index (χ0v) is 24.8. The molecule has 2 aromatic heterocycles. The molecule has 0 aliphatic rings. The van der Waals surface area contributed by atoms with Crippen LogP contribution >= 0.6 is 0 Å². The fraction of sp³-hybridized carbons (Fsp3) is 0. The van der Waals surface area contributed by atoms with Gasteiger partial charge in [0.1, 0.15) is 11.6 Å². The molecule has 2 heterocycles.